The molecule has 1 fully saturated rings. The summed E-state index contributed by atoms with van der Waals surface area (Å²) in [6.07, 6.45) is 3.52. The number of esters is 1. The molecule has 1 saturated carbocycles. The zero-order valence-corrected chi connectivity index (χ0v) is 10.6. The lowest BCUT2D eigenvalue weighted by Gasteiger charge is -2.02. The van der Waals surface area contributed by atoms with Crippen molar-refractivity contribution >= 4 is 5.97 Å². The number of hydrogen-bond donors (Lipinski definition) is 1. The maximum absolute atomic E-state index is 11.1. The Hall–Kier alpha value is -1.43. The van der Waals surface area contributed by atoms with Crippen molar-refractivity contribution in [2.75, 3.05) is 13.2 Å². The van der Waals surface area contributed by atoms with Gasteiger partial charge in [-0.3, -0.25) is 4.79 Å². The van der Waals surface area contributed by atoms with Gasteiger partial charge in [-0.25, -0.2) is 0 Å². The van der Waals surface area contributed by atoms with Crippen LogP contribution in [-0.2, 0) is 16.1 Å². The highest BCUT2D eigenvalue weighted by molar-refractivity contribution is 5.69. The Morgan fingerprint density at radius 1 is 1.56 bits per heavy atom. The molecule has 0 bridgehead atoms. The molecule has 1 heterocycles. The number of rotatable bonds is 8. The number of aromatic nitrogens is 2. The summed E-state index contributed by atoms with van der Waals surface area (Å²) in [5.74, 6) is 1.80. The van der Waals surface area contributed by atoms with Crippen LogP contribution in [0.1, 0.15) is 50.2 Å². The Balaban J connectivity index is 1.55. The van der Waals surface area contributed by atoms with Crippen LogP contribution in [0.15, 0.2) is 4.52 Å². The monoisotopic (exact) mass is 253 g/mol. The van der Waals surface area contributed by atoms with Crippen LogP contribution in [0.5, 0.6) is 0 Å². The Kier molecular flexibility index (Phi) is 4.69. The molecule has 0 atom stereocenters. The fourth-order valence-electron chi connectivity index (χ4n) is 1.63. The fourth-order valence-corrected chi connectivity index (χ4v) is 1.63. The van der Waals surface area contributed by atoms with Crippen LogP contribution >= 0.6 is 0 Å². The predicted octanol–water partition coefficient (Wildman–Crippen LogP) is 1.38. The molecular formula is C12H19N3O3. The molecule has 1 aliphatic carbocycles. The van der Waals surface area contributed by atoms with E-state index in [1.807, 2.05) is 6.92 Å². The van der Waals surface area contributed by atoms with E-state index in [9.17, 15) is 4.79 Å². The first-order valence-corrected chi connectivity index (χ1v) is 6.48. The summed E-state index contributed by atoms with van der Waals surface area (Å²) in [5, 5.41) is 7.08. The SMILES string of the molecule is CCOC(=O)CCCNCc1noc(C2CC2)n1. The van der Waals surface area contributed by atoms with E-state index in [0.717, 1.165) is 31.7 Å². The summed E-state index contributed by atoms with van der Waals surface area (Å²) in [4.78, 5) is 15.4. The highest BCUT2D eigenvalue weighted by atomic mass is 16.5. The summed E-state index contributed by atoms with van der Waals surface area (Å²) in [6.45, 7) is 3.58. The van der Waals surface area contributed by atoms with E-state index in [1.54, 1.807) is 0 Å². The molecule has 0 aliphatic heterocycles. The van der Waals surface area contributed by atoms with Gasteiger partial charge in [0.15, 0.2) is 5.82 Å². The summed E-state index contributed by atoms with van der Waals surface area (Å²) in [5.41, 5.74) is 0. The third-order valence-electron chi connectivity index (χ3n) is 2.73. The van der Waals surface area contributed by atoms with Crippen molar-refractivity contribution in [3.63, 3.8) is 0 Å². The van der Waals surface area contributed by atoms with Gasteiger partial charge in [0, 0.05) is 12.3 Å². The van der Waals surface area contributed by atoms with Crippen molar-refractivity contribution in [1.29, 1.82) is 0 Å². The number of hydrogen-bond acceptors (Lipinski definition) is 6. The van der Waals surface area contributed by atoms with Crippen LogP contribution in [0.4, 0.5) is 0 Å². The van der Waals surface area contributed by atoms with Crippen LogP contribution in [-0.4, -0.2) is 29.3 Å². The molecular weight excluding hydrogens is 234 g/mol. The van der Waals surface area contributed by atoms with Crippen molar-refractivity contribution in [1.82, 2.24) is 15.5 Å². The molecule has 0 radical (unpaired) electrons. The Bertz CT molecular complexity index is 388. The number of nitrogens with one attached hydrogen (secondary N) is 1. The third kappa shape index (κ3) is 4.10. The molecule has 6 nitrogen and oxygen atoms in total. The third-order valence-corrected chi connectivity index (χ3v) is 2.73. The van der Waals surface area contributed by atoms with Crippen molar-refractivity contribution in [3.8, 4) is 0 Å². The minimum atomic E-state index is -0.144. The minimum absolute atomic E-state index is 0.144. The van der Waals surface area contributed by atoms with Crippen molar-refractivity contribution in [2.24, 2.45) is 0 Å². The van der Waals surface area contributed by atoms with Gasteiger partial charge < -0.3 is 14.6 Å². The van der Waals surface area contributed by atoms with Gasteiger partial charge in [0.05, 0.1) is 13.2 Å². The smallest absolute Gasteiger partial charge is 0.305 e. The van der Waals surface area contributed by atoms with E-state index in [2.05, 4.69) is 15.5 Å². The maximum atomic E-state index is 11.1. The van der Waals surface area contributed by atoms with Gasteiger partial charge in [0.2, 0.25) is 5.89 Å². The van der Waals surface area contributed by atoms with Crippen molar-refractivity contribution in [3.05, 3.63) is 11.7 Å². The topological polar surface area (TPSA) is 77.2 Å². The average molecular weight is 253 g/mol. The molecule has 1 aromatic heterocycles. The quantitative estimate of drug-likeness (QED) is 0.557. The van der Waals surface area contributed by atoms with Gasteiger partial charge in [-0.1, -0.05) is 5.16 Å². The maximum Gasteiger partial charge on any atom is 0.305 e. The second kappa shape index (κ2) is 6.49. The molecule has 6 heteroatoms. The molecule has 0 aromatic carbocycles. The molecule has 1 aromatic rings. The van der Waals surface area contributed by atoms with Gasteiger partial charge in [-0.2, -0.15) is 4.98 Å². The second-order valence-electron chi connectivity index (χ2n) is 4.41. The lowest BCUT2D eigenvalue weighted by Crippen LogP contribution is -2.17. The van der Waals surface area contributed by atoms with Crippen LogP contribution in [0, 0.1) is 0 Å². The van der Waals surface area contributed by atoms with E-state index in [-0.39, 0.29) is 5.97 Å². The normalized spacial score (nSPS) is 14.7. The lowest BCUT2D eigenvalue weighted by molar-refractivity contribution is -0.143. The minimum Gasteiger partial charge on any atom is -0.466 e. The lowest BCUT2D eigenvalue weighted by atomic mass is 10.3. The van der Waals surface area contributed by atoms with Crippen LogP contribution < -0.4 is 5.32 Å². The Morgan fingerprint density at radius 3 is 3.11 bits per heavy atom. The summed E-state index contributed by atoms with van der Waals surface area (Å²) in [6, 6.07) is 0. The summed E-state index contributed by atoms with van der Waals surface area (Å²) in [7, 11) is 0. The second-order valence-corrected chi connectivity index (χ2v) is 4.41. The summed E-state index contributed by atoms with van der Waals surface area (Å²) >= 11 is 0. The molecule has 100 valence electrons. The first-order chi connectivity index (χ1) is 8.79. The first-order valence-electron chi connectivity index (χ1n) is 6.48. The predicted molar refractivity (Wildman–Crippen MR) is 63.8 cm³/mol. The van der Waals surface area contributed by atoms with Crippen LogP contribution in [0.3, 0.4) is 0 Å². The van der Waals surface area contributed by atoms with Crippen molar-refractivity contribution < 1.29 is 14.1 Å². The van der Waals surface area contributed by atoms with E-state index in [0.29, 0.717) is 31.3 Å². The Labute approximate surface area is 106 Å². The standard InChI is InChI=1S/C12H19N3O3/c1-2-17-11(16)4-3-7-13-8-10-14-12(18-15-10)9-5-6-9/h9,13H,2-8H2,1H3. The highest BCUT2D eigenvalue weighted by Gasteiger charge is 2.29. The highest BCUT2D eigenvalue weighted by Crippen LogP contribution is 2.38. The van der Waals surface area contributed by atoms with Crippen LogP contribution in [0.25, 0.3) is 0 Å². The molecule has 18 heavy (non-hydrogen) atoms. The number of nitrogens with zero attached hydrogens (tertiary/aromatic N) is 2. The van der Waals surface area contributed by atoms with Gasteiger partial charge in [-0.05, 0) is 32.7 Å². The zero-order chi connectivity index (χ0) is 12.8. The molecule has 0 saturated heterocycles. The van der Waals surface area contributed by atoms with Gasteiger partial charge >= 0.3 is 5.97 Å². The van der Waals surface area contributed by atoms with E-state index < -0.39 is 0 Å². The van der Waals surface area contributed by atoms with Gasteiger partial charge in [0.1, 0.15) is 0 Å². The van der Waals surface area contributed by atoms with Gasteiger partial charge in [0.25, 0.3) is 0 Å². The first kappa shape index (κ1) is 13.0. The summed E-state index contributed by atoms with van der Waals surface area (Å²) < 4.78 is 9.98. The number of ether oxygens (including phenoxy) is 1. The Morgan fingerprint density at radius 2 is 2.39 bits per heavy atom. The van der Waals surface area contributed by atoms with Gasteiger partial charge in [-0.15, -0.1) is 0 Å². The van der Waals surface area contributed by atoms with E-state index >= 15 is 0 Å². The van der Waals surface area contributed by atoms with E-state index in [1.165, 1.54) is 0 Å². The average Bonchev–Trinajstić information content (AvgIpc) is 3.10. The molecule has 1 N–H and O–H groups in total. The molecule has 0 unspecified atom stereocenters. The zero-order valence-electron chi connectivity index (χ0n) is 10.6. The molecule has 2 rings (SSSR count). The largest absolute Gasteiger partial charge is 0.466 e. The molecule has 0 amide bonds. The fraction of sp³-hybridized carbons (Fsp3) is 0.750. The number of carbonyl (C=O) groups is 1. The van der Waals surface area contributed by atoms with Crippen LogP contribution in [0.2, 0.25) is 0 Å². The molecule has 0 spiro atoms. The molecule has 1 aliphatic rings. The van der Waals surface area contributed by atoms with E-state index in [4.69, 9.17) is 9.26 Å². The van der Waals surface area contributed by atoms with Crippen molar-refractivity contribution in [2.45, 2.75) is 45.1 Å². The number of carbonyl (C=O) groups excluding carboxylic acids is 1.